The molecule has 2 unspecified atom stereocenters. The molecule has 104 valence electrons. The molecule has 1 saturated carbocycles. The van der Waals surface area contributed by atoms with E-state index < -0.39 is 0 Å². The average Bonchev–Trinajstić information content (AvgIpc) is 2.86. The summed E-state index contributed by atoms with van der Waals surface area (Å²) in [5.41, 5.74) is 0.237. The molecule has 0 spiro atoms. The molecule has 19 heavy (non-hydrogen) atoms. The second kappa shape index (κ2) is 6.62. The normalized spacial score (nSPS) is 22.4. The van der Waals surface area contributed by atoms with Crippen LogP contribution in [-0.4, -0.2) is 22.9 Å². The largest absolute Gasteiger partial charge is 0.507 e. The minimum absolute atomic E-state index is 0.0367. The van der Waals surface area contributed by atoms with Crippen LogP contribution in [0.1, 0.15) is 29.6 Å². The maximum absolute atomic E-state index is 12.0. The van der Waals surface area contributed by atoms with Gasteiger partial charge in [0.1, 0.15) is 5.75 Å². The van der Waals surface area contributed by atoms with Crippen LogP contribution in [0.2, 0.25) is 5.02 Å². The highest BCUT2D eigenvalue weighted by atomic mass is 79.9. The molecule has 2 rings (SSSR count). The van der Waals surface area contributed by atoms with Gasteiger partial charge in [-0.15, -0.1) is 0 Å². The molecular formula is C14H17BrClNO2. The van der Waals surface area contributed by atoms with Gasteiger partial charge in [0.15, 0.2) is 0 Å². The first-order valence-corrected chi connectivity index (χ1v) is 7.94. The molecule has 1 aromatic carbocycles. The summed E-state index contributed by atoms with van der Waals surface area (Å²) in [6.07, 6.45) is 3.59. The molecule has 1 aromatic rings. The Balaban J connectivity index is 1.96. The van der Waals surface area contributed by atoms with Crippen LogP contribution in [0.4, 0.5) is 0 Å². The molecule has 0 aromatic heterocycles. The van der Waals surface area contributed by atoms with Crippen LogP contribution in [0.25, 0.3) is 0 Å². The van der Waals surface area contributed by atoms with E-state index in [4.69, 9.17) is 11.6 Å². The number of rotatable bonds is 4. The standard InChI is InChI=1S/C14H17BrClNO2/c15-7-9-2-1-3-10(9)8-17-14(19)12-6-11(16)4-5-13(12)18/h4-6,9-10,18H,1-3,7-8H2,(H,17,19). The predicted octanol–water partition coefficient (Wildman–Crippen LogP) is 3.59. The third-order valence-electron chi connectivity index (χ3n) is 3.74. The van der Waals surface area contributed by atoms with Gasteiger partial charge in [-0.3, -0.25) is 4.79 Å². The average molecular weight is 347 g/mol. The van der Waals surface area contributed by atoms with Crippen LogP contribution in [-0.2, 0) is 0 Å². The summed E-state index contributed by atoms with van der Waals surface area (Å²) in [4.78, 5) is 12.0. The highest BCUT2D eigenvalue weighted by Crippen LogP contribution is 2.32. The maximum atomic E-state index is 12.0. The van der Waals surface area contributed by atoms with Gasteiger partial charge in [0.25, 0.3) is 5.91 Å². The summed E-state index contributed by atoms with van der Waals surface area (Å²) < 4.78 is 0. The van der Waals surface area contributed by atoms with Crippen molar-refractivity contribution in [2.75, 3.05) is 11.9 Å². The Bertz CT molecular complexity index is 467. The Morgan fingerprint density at radius 1 is 1.42 bits per heavy atom. The molecule has 2 N–H and O–H groups in total. The fourth-order valence-electron chi connectivity index (χ4n) is 2.59. The molecule has 2 atom stereocenters. The van der Waals surface area contributed by atoms with Crippen molar-refractivity contribution in [2.24, 2.45) is 11.8 Å². The quantitative estimate of drug-likeness (QED) is 0.819. The van der Waals surface area contributed by atoms with Crippen LogP contribution in [0.15, 0.2) is 18.2 Å². The fourth-order valence-corrected chi connectivity index (χ4v) is 3.62. The number of halogens is 2. The van der Waals surface area contributed by atoms with Gasteiger partial charge in [0.2, 0.25) is 0 Å². The zero-order valence-corrected chi connectivity index (χ0v) is 12.9. The van der Waals surface area contributed by atoms with Crippen LogP contribution in [0.5, 0.6) is 5.75 Å². The number of aromatic hydroxyl groups is 1. The van der Waals surface area contributed by atoms with E-state index in [-0.39, 0.29) is 17.2 Å². The molecule has 0 radical (unpaired) electrons. The number of phenols is 1. The number of carbonyl (C=O) groups is 1. The molecule has 3 nitrogen and oxygen atoms in total. The van der Waals surface area contributed by atoms with E-state index in [1.807, 2.05) is 0 Å². The number of nitrogens with one attached hydrogen (secondary N) is 1. The number of amides is 1. The minimum Gasteiger partial charge on any atom is -0.507 e. The van der Waals surface area contributed by atoms with Crippen molar-refractivity contribution >= 4 is 33.4 Å². The monoisotopic (exact) mass is 345 g/mol. The van der Waals surface area contributed by atoms with Crippen molar-refractivity contribution < 1.29 is 9.90 Å². The lowest BCUT2D eigenvalue weighted by Gasteiger charge is -2.18. The Labute approximate surface area is 126 Å². The molecule has 1 aliphatic rings. The van der Waals surface area contributed by atoms with Gasteiger partial charge in [0.05, 0.1) is 5.56 Å². The van der Waals surface area contributed by atoms with Crippen molar-refractivity contribution in [2.45, 2.75) is 19.3 Å². The van der Waals surface area contributed by atoms with Crippen molar-refractivity contribution in [3.63, 3.8) is 0 Å². The highest BCUT2D eigenvalue weighted by Gasteiger charge is 2.26. The lowest BCUT2D eigenvalue weighted by Crippen LogP contribution is -2.31. The summed E-state index contributed by atoms with van der Waals surface area (Å²) in [6.45, 7) is 0.654. The number of alkyl halides is 1. The molecule has 0 aliphatic heterocycles. The Kier molecular flexibility index (Phi) is 5.11. The number of hydrogen-bond acceptors (Lipinski definition) is 2. The van der Waals surface area contributed by atoms with Crippen molar-refractivity contribution in [1.29, 1.82) is 0 Å². The minimum atomic E-state index is -0.264. The third-order valence-corrected chi connectivity index (χ3v) is 4.81. The molecule has 1 aliphatic carbocycles. The van der Waals surface area contributed by atoms with Gasteiger partial charge in [-0.05, 0) is 42.9 Å². The molecule has 0 bridgehead atoms. The van der Waals surface area contributed by atoms with Crippen LogP contribution < -0.4 is 5.32 Å². The Morgan fingerprint density at radius 3 is 2.89 bits per heavy atom. The number of carbonyl (C=O) groups excluding carboxylic acids is 1. The van der Waals surface area contributed by atoms with Gasteiger partial charge in [-0.25, -0.2) is 0 Å². The first kappa shape index (κ1) is 14.7. The van der Waals surface area contributed by atoms with E-state index in [0.29, 0.717) is 23.4 Å². The summed E-state index contributed by atoms with van der Waals surface area (Å²) in [6, 6.07) is 4.49. The van der Waals surface area contributed by atoms with Crippen LogP contribution >= 0.6 is 27.5 Å². The molecule has 1 amide bonds. The van der Waals surface area contributed by atoms with Gasteiger partial charge in [-0.1, -0.05) is 34.0 Å². The third kappa shape index (κ3) is 3.63. The molecule has 0 saturated heterocycles. The van der Waals surface area contributed by atoms with E-state index >= 15 is 0 Å². The van der Waals surface area contributed by atoms with Crippen molar-refractivity contribution in [1.82, 2.24) is 5.32 Å². The summed E-state index contributed by atoms with van der Waals surface area (Å²) in [5, 5.41) is 14.0. The first-order valence-electron chi connectivity index (χ1n) is 6.44. The van der Waals surface area contributed by atoms with E-state index in [9.17, 15) is 9.90 Å². The molecule has 5 heteroatoms. The highest BCUT2D eigenvalue weighted by molar-refractivity contribution is 9.09. The number of phenolic OH excluding ortho intramolecular Hbond substituents is 1. The molecular weight excluding hydrogens is 330 g/mol. The van der Waals surface area contributed by atoms with Crippen LogP contribution in [0, 0.1) is 11.8 Å². The molecule has 1 fully saturated rings. The summed E-state index contributed by atoms with van der Waals surface area (Å²) in [7, 11) is 0. The SMILES string of the molecule is O=C(NCC1CCCC1CBr)c1cc(Cl)ccc1O. The summed E-state index contributed by atoms with van der Waals surface area (Å²) >= 11 is 9.36. The van der Waals surface area contributed by atoms with Crippen molar-refractivity contribution in [3.05, 3.63) is 28.8 Å². The number of benzene rings is 1. The maximum Gasteiger partial charge on any atom is 0.255 e. The van der Waals surface area contributed by atoms with Gasteiger partial charge in [-0.2, -0.15) is 0 Å². The predicted molar refractivity (Wildman–Crippen MR) is 80.1 cm³/mol. The zero-order valence-electron chi connectivity index (χ0n) is 10.5. The lowest BCUT2D eigenvalue weighted by molar-refractivity contribution is 0.0942. The lowest BCUT2D eigenvalue weighted by atomic mass is 9.98. The smallest absolute Gasteiger partial charge is 0.255 e. The second-order valence-corrected chi connectivity index (χ2v) is 6.06. The van der Waals surface area contributed by atoms with E-state index in [1.54, 1.807) is 6.07 Å². The van der Waals surface area contributed by atoms with E-state index in [1.165, 1.54) is 25.0 Å². The number of hydrogen-bond donors (Lipinski definition) is 2. The van der Waals surface area contributed by atoms with E-state index in [0.717, 1.165) is 11.8 Å². The summed E-state index contributed by atoms with van der Waals surface area (Å²) in [5.74, 6) is 0.850. The fraction of sp³-hybridized carbons (Fsp3) is 0.500. The Hall–Kier alpha value is -0.740. The van der Waals surface area contributed by atoms with Crippen molar-refractivity contribution in [3.8, 4) is 5.75 Å². The van der Waals surface area contributed by atoms with Crippen LogP contribution in [0.3, 0.4) is 0 Å². The topological polar surface area (TPSA) is 49.3 Å². The van der Waals surface area contributed by atoms with Gasteiger partial charge in [0, 0.05) is 16.9 Å². The molecule has 0 heterocycles. The zero-order chi connectivity index (χ0) is 13.8. The van der Waals surface area contributed by atoms with Gasteiger partial charge < -0.3 is 10.4 Å². The Morgan fingerprint density at radius 2 is 2.16 bits per heavy atom. The first-order chi connectivity index (χ1) is 9.11. The van der Waals surface area contributed by atoms with Gasteiger partial charge >= 0.3 is 0 Å². The second-order valence-electron chi connectivity index (χ2n) is 4.98. The van der Waals surface area contributed by atoms with E-state index in [2.05, 4.69) is 21.2 Å².